The highest BCUT2D eigenvalue weighted by molar-refractivity contribution is 5.78. The molecule has 3 aromatic rings. The Kier molecular flexibility index (Phi) is 7.38. The molecule has 1 saturated heterocycles. The maximum Gasteiger partial charge on any atom is 0.226 e. The van der Waals surface area contributed by atoms with Crippen LogP contribution in [0.5, 0.6) is 0 Å². The van der Waals surface area contributed by atoms with Crippen LogP contribution in [-0.4, -0.2) is 35.4 Å². The molecular formula is C27H33N3O2. The molecule has 2 aromatic carbocycles. The number of benzene rings is 2. The molecule has 1 fully saturated rings. The quantitative estimate of drug-likeness (QED) is 0.557. The Morgan fingerprint density at radius 2 is 1.78 bits per heavy atom. The van der Waals surface area contributed by atoms with E-state index in [1.165, 1.54) is 11.1 Å². The van der Waals surface area contributed by atoms with Crippen molar-refractivity contribution in [3.63, 3.8) is 0 Å². The second-order valence-electron chi connectivity index (χ2n) is 8.65. The predicted molar refractivity (Wildman–Crippen MR) is 127 cm³/mol. The van der Waals surface area contributed by atoms with Crippen LogP contribution in [0, 0.1) is 12.8 Å². The molecule has 0 saturated carbocycles. The summed E-state index contributed by atoms with van der Waals surface area (Å²) >= 11 is 0. The Morgan fingerprint density at radius 3 is 2.47 bits per heavy atom. The number of piperidine rings is 1. The van der Waals surface area contributed by atoms with Crippen molar-refractivity contribution in [1.82, 2.24) is 15.2 Å². The van der Waals surface area contributed by atoms with Crippen LogP contribution < -0.4 is 5.32 Å². The van der Waals surface area contributed by atoms with E-state index in [1.807, 2.05) is 25.1 Å². The molecule has 1 aliphatic rings. The number of rotatable bonds is 8. The van der Waals surface area contributed by atoms with E-state index in [0.717, 1.165) is 62.3 Å². The third kappa shape index (κ3) is 5.65. The lowest BCUT2D eigenvalue weighted by Gasteiger charge is -2.30. The maximum atomic E-state index is 12.6. The number of amides is 1. The Bertz CT molecular complexity index is 1000. The summed E-state index contributed by atoms with van der Waals surface area (Å²) < 4.78 is 5.95. The van der Waals surface area contributed by atoms with Crippen LogP contribution in [0.25, 0.3) is 11.5 Å². The van der Waals surface area contributed by atoms with Crippen LogP contribution in [0.2, 0.25) is 0 Å². The SMILES string of the molecule is CCc1ccc(-c2nc(CN3CCC(C(=O)NCCc4ccccc4)CC3)c(C)o2)cc1. The molecule has 1 aromatic heterocycles. The van der Waals surface area contributed by atoms with Crippen molar-refractivity contribution in [3.8, 4) is 11.5 Å². The minimum atomic E-state index is 0.105. The molecule has 1 amide bonds. The number of aromatic nitrogens is 1. The van der Waals surface area contributed by atoms with Crippen LogP contribution in [0.1, 0.15) is 42.3 Å². The summed E-state index contributed by atoms with van der Waals surface area (Å²) in [6, 6.07) is 18.7. The normalized spacial score (nSPS) is 15.1. The number of nitrogens with zero attached hydrogens (tertiary/aromatic N) is 2. The first-order valence-corrected chi connectivity index (χ1v) is 11.7. The largest absolute Gasteiger partial charge is 0.441 e. The highest BCUT2D eigenvalue weighted by atomic mass is 16.4. The molecule has 5 heteroatoms. The first kappa shape index (κ1) is 22.3. The second-order valence-corrected chi connectivity index (χ2v) is 8.65. The van der Waals surface area contributed by atoms with Crippen LogP contribution in [-0.2, 0) is 24.2 Å². The van der Waals surface area contributed by atoms with Gasteiger partial charge in [0, 0.05) is 24.6 Å². The number of nitrogens with one attached hydrogen (secondary N) is 1. The summed E-state index contributed by atoms with van der Waals surface area (Å²) in [6.07, 6.45) is 3.68. The van der Waals surface area contributed by atoms with Gasteiger partial charge in [-0.05, 0) is 69.0 Å². The van der Waals surface area contributed by atoms with Gasteiger partial charge in [0.15, 0.2) is 0 Å². The molecule has 0 aliphatic carbocycles. The smallest absolute Gasteiger partial charge is 0.226 e. The molecule has 2 heterocycles. The lowest BCUT2D eigenvalue weighted by Crippen LogP contribution is -2.40. The summed E-state index contributed by atoms with van der Waals surface area (Å²) in [7, 11) is 0. The van der Waals surface area contributed by atoms with E-state index in [2.05, 4.69) is 53.5 Å². The summed E-state index contributed by atoms with van der Waals surface area (Å²) in [6.45, 7) is 7.42. The van der Waals surface area contributed by atoms with Crippen LogP contribution in [0.4, 0.5) is 0 Å². The van der Waals surface area contributed by atoms with Gasteiger partial charge in [0.05, 0.1) is 5.69 Å². The molecule has 0 bridgehead atoms. The number of oxazole rings is 1. The van der Waals surface area contributed by atoms with Crippen molar-refractivity contribution in [1.29, 1.82) is 0 Å². The van der Waals surface area contributed by atoms with Crippen LogP contribution in [0.15, 0.2) is 59.0 Å². The van der Waals surface area contributed by atoms with E-state index in [4.69, 9.17) is 9.40 Å². The van der Waals surface area contributed by atoms with E-state index in [9.17, 15) is 4.79 Å². The van der Waals surface area contributed by atoms with E-state index >= 15 is 0 Å². The van der Waals surface area contributed by atoms with Gasteiger partial charge in [-0.3, -0.25) is 9.69 Å². The van der Waals surface area contributed by atoms with Gasteiger partial charge in [-0.2, -0.15) is 0 Å². The summed E-state index contributed by atoms with van der Waals surface area (Å²) in [5.41, 5.74) is 4.57. The van der Waals surface area contributed by atoms with Crippen molar-refractivity contribution in [2.75, 3.05) is 19.6 Å². The fourth-order valence-electron chi connectivity index (χ4n) is 4.27. The lowest BCUT2D eigenvalue weighted by atomic mass is 9.95. The Morgan fingerprint density at radius 1 is 1.06 bits per heavy atom. The maximum absolute atomic E-state index is 12.6. The Labute approximate surface area is 190 Å². The van der Waals surface area contributed by atoms with Gasteiger partial charge in [-0.1, -0.05) is 49.4 Å². The molecule has 1 aliphatic heterocycles. The average molecular weight is 432 g/mol. The van der Waals surface area contributed by atoms with Crippen molar-refractivity contribution < 1.29 is 9.21 Å². The van der Waals surface area contributed by atoms with Gasteiger partial charge in [0.2, 0.25) is 11.8 Å². The van der Waals surface area contributed by atoms with Gasteiger partial charge >= 0.3 is 0 Å². The Hall–Kier alpha value is -2.92. The predicted octanol–water partition coefficient (Wildman–Crippen LogP) is 4.78. The minimum absolute atomic E-state index is 0.105. The number of hydrogen-bond acceptors (Lipinski definition) is 4. The molecule has 0 spiro atoms. The van der Waals surface area contributed by atoms with E-state index in [0.29, 0.717) is 12.4 Å². The third-order valence-electron chi connectivity index (χ3n) is 6.39. The van der Waals surface area contributed by atoms with Crippen molar-refractivity contribution in [2.45, 2.75) is 46.1 Å². The highest BCUT2D eigenvalue weighted by Gasteiger charge is 2.26. The lowest BCUT2D eigenvalue weighted by molar-refractivity contribution is -0.126. The topological polar surface area (TPSA) is 58.4 Å². The zero-order valence-corrected chi connectivity index (χ0v) is 19.1. The molecule has 32 heavy (non-hydrogen) atoms. The second kappa shape index (κ2) is 10.6. The third-order valence-corrected chi connectivity index (χ3v) is 6.39. The van der Waals surface area contributed by atoms with Gasteiger partial charge in [0.25, 0.3) is 0 Å². The van der Waals surface area contributed by atoms with Crippen molar-refractivity contribution >= 4 is 5.91 Å². The van der Waals surface area contributed by atoms with E-state index < -0.39 is 0 Å². The molecule has 168 valence electrons. The van der Waals surface area contributed by atoms with Gasteiger partial charge in [-0.25, -0.2) is 4.98 Å². The first-order valence-electron chi connectivity index (χ1n) is 11.7. The van der Waals surface area contributed by atoms with Crippen molar-refractivity contribution in [2.24, 2.45) is 5.92 Å². The van der Waals surface area contributed by atoms with Crippen molar-refractivity contribution in [3.05, 3.63) is 77.2 Å². The Balaban J connectivity index is 1.25. The van der Waals surface area contributed by atoms with Crippen LogP contribution >= 0.6 is 0 Å². The van der Waals surface area contributed by atoms with E-state index in [-0.39, 0.29) is 11.8 Å². The zero-order valence-electron chi connectivity index (χ0n) is 19.1. The average Bonchev–Trinajstić information content (AvgIpc) is 3.20. The first-order chi connectivity index (χ1) is 15.6. The van der Waals surface area contributed by atoms with Gasteiger partial charge in [0.1, 0.15) is 5.76 Å². The zero-order chi connectivity index (χ0) is 22.3. The molecular weight excluding hydrogens is 398 g/mol. The number of likely N-dealkylation sites (tertiary alicyclic amines) is 1. The number of carbonyl (C=O) groups excluding carboxylic acids is 1. The summed E-state index contributed by atoms with van der Waals surface area (Å²) in [5, 5.41) is 3.12. The molecule has 4 rings (SSSR count). The summed E-state index contributed by atoms with van der Waals surface area (Å²) in [4.78, 5) is 19.7. The monoisotopic (exact) mass is 431 g/mol. The van der Waals surface area contributed by atoms with Gasteiger partial charge in [-0.15, -0.1) is 0 Å². The molecule has 5 nitrogen and oxygen atoms in total. The molecule has 0 radical (unpaired) electrons. The minimum Gasteiger partial charge on any atom is -0.441 e. The fourth-order valence-corrected chi connectivity index (χ4v) is 4.27. The summed E-state index contributed by atoms with van der Waals surface area (Å²) in [5.74, 6) is 1.86. The van der Waals surface area contributed by atoms with Gasteiger partial charge < -0.3 is 9.73 Å². The molecule has 0 unspecified atom stereocenters. The number of carbonyl (C=O) groups is 1. The molecule has 0 atom stereocenters. The number of hydrogen-bond donors (Lipinski definition) is 1. The molecule has 1 N–H and O–H groups in total. The van der Waals surface area contributed by atoms with E-state index in [1.54, 1.807) is 0 Å². The number of aryl methyl sites for hydroxylation is 2. The fraction of sp³-hybridized carbons (Fsp3) is 0.407. The standard InChI is InChI=1S/C27H33N3O2/c1-3-21-9-11-24(12-10-21)27-29-25(20(2)32-27)19-30-17-14-23(15-18-30)26(31)28-16-13-22-7-5-4-6-8-22/h4-12,23H,3,13-19H2,1-2H3,(H,28,31). The highest BCUT2D eigenvalue weighted by Crippen LogP contribution is 2.25. The van der Waals surface area contributed by atoms with Crippen LogP contribution in [0.3, 0.4) is 0 Å².